The van der Waals surface area contributed by atoms with E-state index in [1.165, 1.54) is 17.4 Å². The number of hydrogen-bond acceptors (Lipinski definition) is 5. The molecule has 3 rings (SSSR count). The smallest absolute Gasteiger partial charge is 0.278 e. The predicted molar refractivity (Wildman–Crippen MR) is 112 cm³/mol. The third-order valence-corrected chi connectivity index (χ3v) is 5.43. The zero-order chi connectivity index (χ0) is 20.4. The van der Waals surface area contributed by atoms with E-state index < -0.39 is 0 Å². The van der Waals surface area contributed by atoms with E-state index in [1.54, 1.807) is 21.7 Å². The summed E-state index contributed by atoms with van der Waals surface area (Å²) >= 11 is 1.33. The van der Waals surface area contributed by atoms with Gasteiger partial charge < -0.3 is 4.90 Å². The summed E-state index contributed by atoms with van der Waals surface area (Å²) in [7, 11) is 3.99. The number of aromatic nitrogens is 3. The Morgan fingerprint density at radius 3 is 2.68 bits per heavy atom. The molecule has 0 saturated heterocycles. The van der Waals surface area contributed by atoms with E-state index in [0.717, 1.165) is 23.4 Å². The highest BCUT2D eigenvalue weighted by Gasteiger charge is 2.26. The van der Waals surface area contributed by atoms with Gasteiger partial charge in [-0.15, -0.1) is 0 Å². The summed E-state index contributed by atoms with van der Waals surface area (Å²) < 4.78 is 16.6. The maximum atomic E-state index is 14.1. The molecule has 0 N–H and O–H groups in total. The summed E-state index contributed by atoms with van der Waals surface area (Å²) in [5, 5.41) is 4.97. The molecular formula is C20H26FN5OS. The van der Waals surface area contributed by atoms with Crippen molar-refractivity contribution in [2.45, 2.75) is 33.2 Å². The Bertz CT molecular complexity index is 978. The van der Waals surface area contributed by atoms with E-state index in [1.807, 2.05) is 40.9 Å². The molecule has 0 aliphatic heterocycles. The summed E-state index contributed by atoms with van der Waals surface area (Å²) in [6, 6.07) is 6.74. The van der Waals surface area contributed by atoms with Crippen LogP contribution in [0, 0.1) is 12.7 Å². The van der Waals surface area contributed by atoms with Gasteiger partial charge in [-0.25, -0.2) is 9.37 Å². The van der Waals surface area contributed by atoms with Gasteiger partial charge in [0.15, 0.2) is 5.13 Å². The van der Waals surface area contributed by atoms with Gasteiger partial charge in [0, 0.05) is 12.6 Å². The minimum absolute atomic E-state index is 0.0593. The van der Waals surface area contributed by atoms with Crippen molar-refractivity contribution in [2.75, 3.05) is 32.1 Å². The normalized spacial score (nSPS) is 11.7. The Balaban J connectivity index is 2.00. The highest BCUT2D eigenvalue weighted by atomic mass is 32.1. The van der Waals surface area contributed by atoms with E-state index in [4.69, 9.17) is 0 Å². The average molecular weight is 404 g/mol. The number of amides is 1. The molecule has 8 heteroatoms. The van der Waals surface area contributed by atoms with E-state index >= 15 is 0 Å². The predicted octanol–water partition coefficient (Wildman–Crippen LogP) is 4.12. The summed E-state index contributed by atoms with van der Waals surface area (Å²) in [5.74, 6) is -0.531. The van der Waals surface area contributed by atoms with Gasteiger partial charge in [0.05, 0.1) is 10.4 Å². The molecule has 0 fully saturated rings. The Labute approximate surface area is 168 Å². The zero-order valence-electron chi connectivity index (χ0n) is 16.9. The first-order chi connectivity index (χ1) is 13.3. The molecule has 0 bridgehead atoms. The second kappa shape index (κ2) is 8.36. The third kappa shape index (κ3) is 4.23. The van der Waals surface area contributed by atoms with Crippen LogP contribution in [0.4, 0.5) is 9.52 Å². The molecule has 0 aliphatic rings. The maximum Gasteiger partial charge on any atom is 0.278 e. The van der Waals surface area contributed by atoms with Gasteiger partial charge in [-0.3, -0.25) is 14.4 Å². The number of carbonyl (C=O) groups excluding carboxylic acids is 1. The van der Waals surface area contributed by atoms with Crippen molar-refractivity contribution in [3.8, 4) is 0 Å². The standard InChI is InChI=1S/C20H26FN5OS/c1-13(2)26-16(12-14(3)23-26)19(27)25(11-7-10-24(4)5)20-22-18-15(21)8-6-9-17(18)28-20/h6,8-9,12-13H,7,10-11H2,1-5H3. The lowest BCUT2D eigenvalue weighted by atomic mass is 10.3. The number of nitrogens with zero attached hydrogens (tertiary/aromatic N) is 5. The number of aryl methyl sites for hydroxylation is 1. The number of thiazole rings is 1. The van der Waals surface area contributed by atoms with E-state index in [2.05, 4.69) is 15.0 Å². The number of hydrogen-bond donors (Lipinski definition) is 0. The highest BCUT2D eigenvalue weighted by molar-refractivity contribution is 7.22. The second-order valence-electron chi connectivity index (χ2n) is 7.41. The quantitative estimate of drug-likeness (QED) is 0.595. The van der Waals surface area contributed by atoms with Crippen LogP contribution in [0.15, 0.2) is 24.3 Å². The van der Waals surface area contributed by atoms with Gasteiger partial charge in [-0.2, -0.15) is 5.10 Å². The first-order valence-electron chi connectivity index (χ1n) is 9.35. The molecule has 0 aliphatic carbocycles. The van der Waals surface area contributed by atoms with Crippen LogP contribution in [-0.4, -0.2) is 52.8 Å². The fourth-order valence-electron chi connectivity index (χ4n) is 3.06. The number of halogens is 1. The molecule has 2 heterocycles. The lowest BCUT2D eigenvalue weighted by molar-refractivity contribution is 0.0974. The minimum Gasteiger partial charge on any atom is -0.309 e. The summed E-state index contributed by atoms with van der Waals surface area (Å²) in [5.41, 5.74) is 1.62. The van der Waals surface area contributed by atoms with Gasteiger partial charge in [-0.05, 0) is 66.0 Å². The van der Waals surface area contributed by atoms with E-state index in [9.17, 15) is 9.18 Å². The highest BCUT2D eigenvalue weighted by Crippen LogP contribution is 2.31. The zero-order valence-corrected chi connectivity index (χ0v) is 17.8. The second-order valence-corrected chi connectivity index (χ2v) is 8.42. The van der Waals surface area contributed by atoms with E-state index in [0.29, 0.717) is 22.9 Å². The molecule has 2 aromatic heterocycles. The fourth-order valence-corrected chi connectivity index (χ4v) is 4.06. The van der Waals surface area contributed by atoms with Crippen molar-refractivity contribution in [1.82, 2.24) is 19.7 Å². The Morgan fingerprint density at radius 2 is 2.04 bits per heavy atom. The Morgan fingerprint density at radius 1 is 1.29 bits per heavy atom. The van der Waals surface area contributed by atoms with Crippen LogP contribution >= 0.6 is 11.3 Å². The molecule has 6 nitrogen and oxygen atoms in total. The van der Waals surface area contributed by atoms with Crippen LogP contribution in [0.3, 0.4) is 0 Å². The van der Waals surface area contributed by atoms with Crippen LogP contribution in [0.5, 0.6) is 0 Å². The van der Waals surface area contributed by atoms with Crippen molar-refractivity contribution >= 4 is 32.6 Å². The third-order valence-electron chi connectivity index (χ3n) is 4.39. The molecule has 3 aromatic rings. The van der Waals surface area contributed by atoms with Crippen molar-refractivity contribution in [2.24, 2.45) is 0 Å². The average Bonchev–Trinajstić information content (AvgIpc) is 3.22. The van der Waals surface area contributed by atoms with Gasteiger partial charge in [-0.1, -0.05) is 17.4 Å². The van der Waals surface area contributed by atoms with Gasteiger partial charge in [0.1, 0.15) is 17.0 Å². The number of carbonyl (C=O) groups is 1. The summed E-state index contributed by atoms with van der Waals surface area (Å²) in [6.07, 6.45) is 0.784. The number of para-hydroxylation sites is 1. The molecule has 0 radical (unpaired) electrons. The lowest BCUT2D eigenvalue weighted by Crippen LogP contribution is -2.35. The van der Waals surface area contributed by atoms with Crippen LogP contribution in [0.25, 0.3) is 10.2 Å². The largest absolute Gasteiger partial charge is 0.309 e. The number of benzene rings is 1. The SMILES string of the molecule is Cc1cc(C(=O)N(CCCN(C)C)c2nc3c(F)cccc3s2)n(C(C)C)n1. The summed E-state index contributed by atoms with van der Waals surface area (Å²) in [4.78, 5) is 21.6. The number of fused-ring (bicyclic) bond motifs is 1. The van der Waals surface area contributed by atoms with Crippen LogP contribution in [0.2, 0.25) is 0 Å². The number of rotatable bonds is 7. The fraction of sp³-hybridized carbons (Fsp3) is 0.450. The number of anilines is 1. The molecular weight excluding hydrogens is 377 g/mol. The molecule has 1 amide bonds. The van der Waals surface area contributed by atoms with Crippen LogP contribution in [-0.2, 0) is 0 Å². The molecule has 0 saturated carbocycles. The topological polar surface area (TPSA) is 54.3 Å². The van der Waals surface area contributed by atoms with Gasteiger partial charge >= 0.3 is 0 Å². The first-order valence-corrected chi connectivity index (χ1v) is 10.2. The van der Waals surface area contributed by atoms with Crippen LogP contribution in [0.1, 0.15) is 42.5 Å². The molecule has 1 aromatic carbocycles. The monoisotopic (exact) mass is 403 g/mol. The molecule has 0 atom stereocenters. The van der Waals surface area contributed by atoms with Crippen molar-refractivity contribution in [3.05, 3.63) is 41.5 Å². The van der Waals surface area contributed by atoms with Crippen molar-refractivity contribution in [1.29, 1.82) is 0 Å². The van der Waals surface area contributed by atoms with Gasteiger partial charge in [0.2, 0.25) is 0 Å². The maximum absolute atomic E-state index is 14.1. The van der Waals surface area contributed by atoms with Crippen molar-refractivity contribution < 1.29 is 9.18 Å². The minimum atomic E-state index is -0.372. The summed E-state index contributed by atoms with van der Waals surface area (Å²) in [6.45, 7) is 7.20. The Kier molecular flexibility index (Phi) is 6.10. The molecule has 0 spiro atoms. The van der Waals surface area contributed by atoms with Gasteiger partial charge in [0.25, 0.3) is 5.91 Å². The molecule has 0 unspecified atom stereocenters. The Hall–Kier alpha value is -2.32. The molecule has 28 heavy (non-hydrogen) atoms. The van der Waals surface area contributed by atoms with Crippen LogP contribution < -0.4 is 4.90 Å². The molecule has 150 valence electrons. The lowest BCUT2D eigenvalue weighted by Gasteiger charge is -2.22. The van der Waals surface area contributed by atoms with Crippen molar-refractivity contribution in [3.63, 3.8) is 0 Å². The first kappa shape index (κ1) is 20.4. The van der Waals surface area contributed by atoms with E-state index in [-0.39, 0.29) is 17.8 Å².